The molecule has 5 nitrogen and oxygen atoms in total. The summed E-state index contributed by atoms with van der Waals surface area (Å²) in [5.74, 6) is -0.266. The van der Waals surface area contributed by atoms with Crippen molar-refractivity contribution in [3.8, 4) is 6.07 Å². The molecule has 21 heavy (non-hydrogen) atoms. The van der Waals surface area contributed by atoms with Gasteiger partial charge < -0.3 is 10.2 Å². The van der Waals surface area contributed by atoms with Crippen LogP contribution in [0.3, 0.4) is 0 Å². The van der Waals surface area contributed by atoms with Crippen LogP contribution in [0, 0.1) is 18.3 Å². The van der Waals surface area contributed by atoms with Gasteiger partial charge in [-0.3, -0.25) is 9.59 Å². The Balaban J connectivity index is 2.79. The molecule has 0 aromatic heterocycles. The summed E-state index contributed by atoms with van der Waals surface area (Å²) in [6, 6.07) is 9.40. The van der Waals surface area contributed by atoms with Crippen molar-refractivity contribution in [2.45, 2.75) is 32.7 Å². The molecule has 112 valence electrons. The van der Waals surface area contributed by atoms with Crippen LogP contribution in [0.15, 0.2) is 24.3 Å². The van der Waals surface area contributed by atoms with Gasteiger partial charge in [0.25, 0.3) is 0 Å². The lowest BCUT2D eigenvalue weighted by Gasteiger charge is -2.22. The average molecular weight is 287 g/mol. The maximum Gasteiger partial charge on any atom is 0.224 e. The second-order valence-electron chi connectivity index (χ2n) is 5.09. The van der Waals surface area contributed by atoms with Crippen LogP contribution >= 0.6 is 0 Å². The Morgan fingerprint density at radius 1 is 1.33 bits per heavy atom. The number of hydrogen-bond acceptors (Lipinski definition) is 3. The van der Waals surface area contributed by atoms with E-state index in [1.807, 2.05) is 37.3 Å². The van der Waals surface area contributed by atoms with Crippen molar-refractivity contribution in [2.24, 2.45) is 0 Å². The SMILES string of the molecule is CC(=O)NC(CC(=O)N(C)CCC#N)c1ccc(C)cc1. The van der Waals surface area contributed by atoms with E-state index in [0.29, 0.717) is 13.0 Å². The third kappa shape index (κ3) is 5.65. The molecule has 0 heterocycles. The zero-order valence-electron chi connectivity index (χ0n) is 12.7. The lowest BCUT2D eigenvalue weighted by molar-refractivity contribution is -0.130. The number of benzene rings is 1. The molecule has 1 atom stereocenters. The summed E-state index contributed by atoms with van der Waals surface area (Å²) in [4.78, 5) is 25.0. The number of nitrogens with one attached hydrogen (secondary N) is 1. The Hall–Kier alpha value is -2.35. The summed E-state index contributed by atoms with van der Waals surface area (Å²) in [7, 11) is 1.67. The summed E-state index contributed by atoms with van der Waals surface area (Å²) in [5, 5.41) is 11.4. The highest BCUT2D eigenvalue weighted by atomic mass is 16.2. The second kappa shape index (κ2) is 8.05. The van der Waals surface area contributed by atoms with E-state index >= 15 is 0 Å². The number of carbonyl (C=O) groups excluding carboxylic acids is 2. The topological polar surface area (TPSA) is 73.2 Å². The van der Waals surface area contributed by atoms with Crippen LogP contribution in [0.4, 0.5) is 0 Å². The summed E-state index contributed by atoms with van der Waals surface area (Å²) >= 11 is 0. The van der Waals surface area contributed by atoms with Crippen molar-refractivity contribution >= 4 is 11.8 Å². The van der Waals surface area contributed by atoms with Gasteiger partial charge in [-0.1, -0.05) is 29.8 Å². The second-order valence-corrected chi connectivity index (χ2v) is 5.09. The largest absolute Gasteiger partial charge is 0.349 e. The molecule has 0 radical (unpaired) electrons. The van der Waals surface area contributed by atoms with Gasteiger partial charge in [0, 0.05) is 20.5 Å². The summed E-state index contributed by atoms with van der Waals surface area (Å²) in [6.45, 7) is 3.82. The number of aryl methyl sites for hydroxylation is 1. The van der Waals surface area contributed by atoms with E-state index in [4.69, 9.17) is 5.26 Å². The lowest BCUT2D eigenvalue weighted by Crippen LogP contribution is -2.34. The van der Waals surface area contributed by atoms with Crippen LogP contribution in [0.1, 0.15) is 36.9 Å². The standard InChI is InChI=1S/C16H21N3O2/c1-12-5-7-14(8-6-12)15(18-13(2)20)11-16(21)19(3)10-4-9-17/h5-8,15H,4,10-11H2,1-3H3,(H,18,20). The molecule has 0 saturated heterocycles. The summed E-state index contributed by atoms with van der Waals surface area (Å²) < 4.78 is 0. The molecule has 1 aromatic carbocycles. The fourth-order valence-electron chi connectivity index (χ4n) is 1.97. The van der Waals surface area contributed by atoms with E-state index in [1.165, 1.54) is 11.8 Å². The van der Waals surface area contributed by atoms with Crippen molar-refractivity contribution in [3.05, 3.63) is 35.4 Å². The summed E-state index contributed by atoms with van der Waals surface area (Å²) in [5.41, 5.74) is 2.02. The molecule has 1 aromatic rings. The Labute approximate surface area is 125 Å². The molecule has 5 heteroatoms. The molecule has 0 bridgehead atoms. The Morgan fingerprint density at radius 2 is 1.95 bits per heavy atom. The predicted octanol–water partition coefficient (Wildman–Crippen LogP) is 1.93. The molecular weight excluding hydrogens is 266 g/mol. The number of nitriles is 1. The van der Waals surface area contributed by atoms with Gasteiger partial charge in [-0.2, -0.15) is 5.26 Å². The van der Waals surface area contributed by atoms with Gasteiger partial charge in [0.05, 0.1) is 25.0 Å². The molecule has 1 unspecified atom stereocenters. The number of amides is 2. The van der Waals surface area contributed by atoms with Crippen molar-refractivity contribution in [3.63, 3.8) is 0 Å². The molecule has 0 aliphatic rings. The van der Waals surface area contributed by atoms with Gasteiger partial charge in [-0.15, -0.1) is 0 Å². The third-order valence-corrected chi connectivity index (χ3v) is 3.22. The summed E-state index contributed by atoms with van der Waals surface area (Å²) in [6.07, 6.45) is 0.488. The first kappa shape index (κ1) is 16.7. The first-order valence-corrected chi connectivity index (χ1v) is 6.88. The Bertz CT molecular complexity index is 531. The zero-order valence-corrected chi connectivity index (χ0v) is 12.7. The monoisotopic (exact) mass is 287 g/mol. The first-order chi connectivity index (χ1) is 9.93. The molecule has 0 fully saturated rings. The van der Waals surface area contributed by atoms with Gasteiger partial charge in [0.2, 0.25) is 11.8 Å². The molecule has 1 rings (SSSR count). The Morgan fingerprint density at radius 3 is 2.48 bits per heavy atom. The van der Waals surface area contributed by atoms with E-state index in [9.17, 15) is 9.59 Å². The number of hydrogen-bond donors (Lipinski definition) is 1. The van der Waals surface area contributed by atoms with Gasteiger partial charge >= 0.3 is 0 Å². The van der Waals surface area contributed by atoms with Crippen LogP contribution in [-0.2, 0) is 9.59 Å². The van der Waals surface area contributed by atoms with Crippen LogP contribution in [0.2, 0.25) is 0 Å². The van der Waals surface area contributed by atoms with E-state index in [2.05, 4.69) is 5.32 Å². The van der Waals surface area contributed by atoms with E-state index in [1.54, 1.807) is 7.05 Å². The minimum atomic E-state index is -0.347. The normalized spacial score (nSPS) is 11.3. The van der Waals surface area contributed by atoms with Gasteiger partial charge in [0.1, 0.15) is 0 Å². The fourth-order valence-corrected chi connectivity index (χ4v) is 1.97. The van der Waals surface area contributed by atoms with Crippen LogP contribution in [-0.4, -0.2) is 30.3 Å². The number of rotatable bonds is 6. The zero-order chi connectivity index (χ0) is 15.8. The Kier molecular flexibility index (Phi) is 6.41. The first-order valence-electron chi connectivity index (χ1n) is 6.88. The van der Waals surface area contributed by atoms with E-state index in [0.717, 1.165) is 11.1 Å². The smallest absolute Gasteiger partial charge is 0.224 e. The quantitative estimate of drug-likeness (QED) is 0.869. The van der Waals surface area contributed by atoms with Crippen molar-refractivity contribution < 1.29 is 9.59 Å². The van der Waals surface area contributed by atoms with E-state index in [-0.39, 0.29) is 24.3 Å². The molecule has 0 saturated carbocycles. The minimum absolute atomic E-state index is 0.0930. The highest BCUT2D eigenvalue weighted by Gasteiger charge is 2.19. The van der Waals surface area contributed by atoms with Crippen molar-refractivity contribution in [1.82, 2.24) is 10.2 Å². The molecule has 0 spiro atoms. The molecule has 1 N–H and O–H groups in total. The number of nitrogens with zero attached hydrogens (tertiary/aromatic N) is 2. The highest BCUT2D eigenvalue weighted by molar-refractivity contribution is 5.79. The van der Waals surface area contributed by atoms with Gasteiger partial charge in [-0.25, -0.2) is 0 Å². The third-order valence-electron chi connectivity index (χ3n) is 3.22. The maximum atomic E-state index is 12.1. The van der Waals surface area contributed by atoms with Crippen LogP contribution in [0.5, 0.6) is 0 Å². The average Bonchev–Trinajstić information content (AvgIpc) is 2.44. The van der Waals surface area contributed by atoms with Crippen LogP contribution in [0.25, 0.3) is 0 Å². The lowest BCUT2D eigenvalue weighted by atomic mass is 10.0. The van der Waals surface area contributed by atoms with Gasteiger partial charge in [0.15, 0.2) is 0 Å². The predicted molar refractivity (Wildman–Crippen MR) is 80.2 cm³/mol. The minimum Gasteiger partial charge on any atom is -0.349 e. The van der Waals surface area contributed by atoms with E-state index < -0.39 is 0 Å². The fraction of sp³-hybridized carbons (Fsp3) is 0.438. The number of carbonyl (C=O) groups is 2. The highest BCUT2D eigenvalue weighted by Crippen LogP contribution is 2.18. The van der Waals surface area contributed by atoms with Gasteiger partial charge in [-0.05, 0) is 12.5 Å². The molecule has 2 amide bonds. The molecule has 0 aliphatic heterocycles. The molecule has 0 aliphatic carbocycles. The van der Waals surface area contributed by atoms with Crippen molar-refractivity contribution in [2.75, 3.05) is 13.6 Å². The molecular formula is C16H21N3O2. The maximum absolute atomic E-state index is 12.1. The van der Waals surface area contributed by atoms with Crippen LogP contribution < -0.4 is 5.32 Å². The van der Waals surface area contributed by atoms with Crippen molar-refractivity contribution in [1.29, 1.82) is 5.26 Å².